The quantitative estimate of drug-likeness (QED) is 0.640. The predicted molar refractivity (Wildman–Crippen MR) is 117 cm³/mol. The Bertz CT molecular complexity index is 715. The van der Waals surface area contributed by atoms with Crippen LogP contribution in [-0.2, 0) is 22.5 Å². The van der Waals surface area contributed by atoms with Gasteiger partial charge in [0.2, 0.25) is 0 Å². The van der Waals surface area contributed by atoms with Gasteiger partial charge in [-0.25, -0.2) is 0 Å². The second-order valence-corrected chi connectivity index (χ2v) is 11.6. The minimum absolute atomic E-state index is 0.0189. The third kappa shape index (κ3) is 4.58. The van der Waals surface area contributed by atoms with E-state index in [-0.39, 0.29) is 10.2 Å². The maximum absolute atomic E-state index is 12.9. The fourth-order valence-electron chi connectivity index (χ4n) is 4.18. The van der Waals surface area contributed by atoms with Gasteiger partial charge in [0.05, 0.1) is 12.7 Å². The zero-order valence-corrected chi connectivity index (χ0v) is 19.0. The van der Waals surface area contributed by atoms with Crippen LogP contribution in [0.1, 0.15) is 71.4 Å². The second-order valence-electron chi connectivity index (χ2n) is 9.72. The van der Waals surface area contributed by atoms with E-state index in [9.17, 15) is 4.55 Å². The summed E-state index contributed by atoms with van der Waals surface area (Å²) in [5.41, 5.74) is 3.45. The lowest BCUT2D eigenvalue weighted by molar-refractivity contribution is 0.0468. The molecule has 1 spiro atoms. The average molecular weight is 406 g/mol. The molecule has 0 amide bonds. The molecular weight excluding hydrogens is 370 g/mol. The van der Waals surface area contributed by atoms with Crippen LogP contribution in [0, 0.1) is 11.3 Å². The number of benzene rings is 1. The van der Waals surface area contributed by atoms with Crippen molar-refractivity contribution in [2.24, 2.45) is 15.7 Å². The molecule has 1 unspecified atom stereocenters. The molecular formula is C23H35NO3S. The van der Waals surface area contributed by atoms with Crippen LogP contribution >= 0.6 is 0 Å². The van der Waals surface area contributed by atoms with Crippen molar-refractivity contribution in [2.75, 3.05) is 13.7 Å². The van der Waals surface area contributed by atoms with E-state index < -0.39 is 11.4 Å². The highest BCUT2D eigenvalue weighted by Crippen LogP contribution is 2.49. The lowest BCUT2D eigenvalue weighted by Crippen LogP contribution is -2.37. The minimum Gasteiger partial charge on any atom is -0.591 e. The predicted octanol–water partition coefficient (Wildman–Crippen LogP) is 5.10. The maximum Gasteiger partial charge on any atom is 0.144 e. The Morgan fingerprint density at radius 1 is 1.25 bits per heavy atom. The van der Waals surface area contributed by atoms with Crippen molar-refractivity contribution >= 4 is 17.1 Å². The minimum atomic E-state index is -1.27. The zero-order chi connectivity index (χ0) is 20.5. The van der Waals surface area contributed by atoms with Crippen molar-refractivity contribution in [3.63, 3.8) is 0 Å². The third-order valence-electron chi connectivity index (χ3n) is 5.87. The van der Waals surface area contributed by atoms with E-state index in [0.29, 0.717) is 18.6 Å². The van der Waals surface area contributed by atoms with Gasteiger partial charge in [-0.2, -0.15) is 0 Å². The van der Waals surface area contributed by atoms with Crippen LogP contribution < -0.4 is 4.74 Å². The van der Waals surface area contributed by atoms with Crippen LogP contribution in [0.15, 0.2) is 22.6 Å². The van der Waals surface area contributed by atoms with Gasteiger partial charge in [0.15, 0.2) is 0 Å². The largest absolute Gasteiger partial charge is 0.591 e. The molecule has 156 valence electrons. The normalized spacial score (nSPS) is 27.4. The van der Waals surface area contributed by atoms with Crippen molar-refractivity contribution in [1.29, 1.82) is 0 Å². The standard InChI is InChI=1S/C23H35NO3S/c1-16(2)15-27-19-8-7-17-14-23(11-9-18(26-6)10-12-23)21(20(17)13-19)24-28(25)22(3,4)5/h7-8,13,16,18H,9-12,14-15H2,1-6H3/b24-21+. The van der Waals surface area contributed by atoms with Crippen LogP contribution in [0.3, 0.4) is 0 Å². The van der Waals surface area contributed by atoms with Crippen molar-refractivity contribution in [3.8, 4) is 5.75 Å². The third-order valence-corrected chi connectivity index (χ3v) is 7.27. The molecule has 1 saturated carbocycles. The summed E-state index contributed by atoms with van der Waals surface area (Å²) < 4.78 is 29.0. The van der Waals surface area contributed by atoms with Gasteiger partial charge in [-0.1, -0.05) is 24.3 Å². The SMILES string of the molecule is COC1CCC2(CC1)Cc1ccc(OCC(C)C)cc1/C2=N\[S+]([O-])C(C)(C)C. The highest BCUT2D eigenvalue weighted by Gasteiger charge is 2.47. The first kappa shape index (κ1) is 21.7. The van der Waals surface area contributed by atoms with E-state index in [1.807, 2.05) is 20.8 Å². The molecule has 0 radical (unpaired) electrons. The molecule has 0 aromatic heterocycles. The molecule has 5 heteroatoms. The summed E-state index contributed by atoms with van der Waals surface area (Å²) >= 11 is -1.27. The monoisotopic (exact) mass is 405 g/mol. The molecule has 2 aliphatic rings. The van der Waals surface area contributed by atoms with Crippen LogP contribution in [0.4, 0.5) is 0 Å². The fraction of sp³-hybridized carbons (Fsp3) is 0.696. The van der Waals surface area contributed by atoms with Gasteiger partial charge in [-0.3, -0.25) is 0 Å². The Morgan fingerprint density at radius 3 is 2.50 bits per heavy atom. The molecule has 2 aliphatic carbocycles. The van der Waals surface area contributed by atoms with E-state index in [2.05, 4.69) is 32.0 Å². The summed E-state index contributed by atoms with van der Waals surface area (Å²) in [6.07, 6.45) is 5.42. The Kier molecular flexibility index (Phi) is 6.48. The lowest BCUT2D eigenvalue weighted by Gasteiger charge is -2.37. The van der Waals surface area contributed by atoms with Gasteiger partial charge in [0, 0.05) is 18.1 Å². The molecule has 1 aromatic carbocycles. The molecule has 1 fully saturated rings. The summed E-state index contributed by atoms with van der Waals surface area (Å²) in [7, 11) is 1.80. The summed E-state index contributed by atoms with van der Waals surface area (Å²) in [5, 5.41) is 0. The Labute approximate surface area is 173 Å². The fourth-order valence-corrected chi connectivity index (χ4v) is 4.91. The molecule has 3 rings (SSSR count). The van der Waals surface area contributed by atoms with Gasteiger partial charge in [-0.05, 0) is 76.5 Å². The van der Waals surface area contributed by atoms with Crippen molar-refractivity contribution in [2.45, 2.75) is 77.6 Å². The van der Waals surface area contributed by atoms with Gasteiger partial charge in [0.1, 0.15) is 27.6 Å². The number of rotatable bonds is 5. The second kappa shape index (κ2) is 8.37. The van der Waals surface area contributed by atoms with Crippen molar-refractivity contribution < 1.29 is 14.0 Å². The van der Waals surface area contributed by atoms with Gasteiger partial charge < -0.3 is 14.0 Å². The number of ether oxygens (including phenoxy) is 2. The molecule has 1 aromatic rings. The molecule has 0 heterocycles. The first-order valence-electron chi connectivity index (χ1n) is 10.4. The summed E-state index contributed by atoms with van der Waals surface area (Å²) in [5.74, 6) is 1.36. The van der Waals surface area contributed by atoms with Crippen molar-refractivity contribution in [3.05, 3.63) is 29.3 Å². The highest BCUT2D eigenvalue weighted by molar-refractivity contribution is 7.91. The highest BCUT2D eigenvalue weighted by atomic mass is 32.2. The van der Waals surface area contributed by atoms with Crippen LogP contribution in [-0.4, -0.2) is 34.8 Å². The number of fused-ring (bicyclic) bond motifs is 1. The topological polar surface area (TPSA) is 53.9 Å². The first-order valence-corrected chi connectivity index (χ1v) is 11.6. The van der Waals surface area contributed by atoms with Gasteiger partial charge >= 0.3 is 0 Å². The number of hydrogen-bond acceptors (Lipinski definition) is 4. The van der Waals surface area contributed by atoms with E-state index in [1.54, 1.807) is 7.11 Å². The van der Waals surface area contributed by atoms with E-state index in [0.717, 1.165) is 49.1 Å². The Balaban J connectivity index is 1.97. The number of nitrogens with zero attached hydrogens (tertiary/aromatic N) is 1. The molecule has 28 heavy (non-hydrogen) atoms. The molecule has 1 atom stereocenters. The maximum atomic E-state index is 12.9. The van der Waals surface area contributed by atoms with Crippen molar-refractivity contribution in [1.82, 2.24) is 0 Å². The van der Waals surface area contributed by atoms with E-state index in [4.69, 9.17) is 13.9 Å². The molecule has 4 nitrogen and oxygen atoms in total. The summed E-state index contributed by atoms with van der Waals surface area (Å²) in [6.45, 7) is 10.9. The zero-order valence-electron chi connectivity index (χ0n) is 18.2. The van der Waals surface area contributed by atoms with Gasteiger partial charge in [-0.15, -0.1) is 0 Å². The number of methoxy groups -OCH3 is 1. The summed E-state index contributed by atoms with van der Waals surface area (Å²) in [6, 6.07) is 6.37. The Hall–Kier alpha value is -1.04. The van der Waals surface area contributed by atoms with Crippen LogP contribution in [0.2, 0.25) is 0 Å². The van der Waals surface area contributed by atoms with Crippen LogP contribution in [0.5, 0.6) is 5.75 Å². The number of hydrogen-bond donors (Lipinski definition) is 0. The van der Waals surface area contributed by atoms with Gasteiger partial charge in [0.25, 0.3) is 0 Å². The average Bonchev–Trinajstić information content (AvgIpc) is 2.92. The molecule has 0 N–H and O–H groups in total. The summed E-state index contributed by atoms with van der Waals surface area (Å²) in [4.78, 5) is 0. The molecule has 0 bridgehead atoms. The molecule has 0 aliphatic heterocycles. The van der Waals surface area contributed by atoms with Crippen LogP contribution in [0.25, 0.3) is 0 Å². The first-order chi connectivity index (χ1) is 13.1. The van der Waals surface area contributed by atoms with E-state index in [1.165, 1.54) is 5.56 Å². The Morgan fingerprint density at radius 2 is 1.93 bits per heavy atom. The molecule has 0 saturated heterocycles. The smallest absolute Gasteiger partial charge is 0.144 e. The van der Waals surface area contributed by atoms with E-state index >= 15 is 0 Å². The lowest BCUT2D eigenvalue weighted by atomic mass is 9.70.